The van der Waals surface area contributed by atoms with E-state index in [2.05, 4.69) is 24.5 Å². The Hall–Kier alpha value is -1.55. The van der Waals surface area contributed by atoms with Crippen molar-refractivity contribution in [3.63, 3.8) is 0 Å². The van der Waals surface area contributed by atoms with Crippen LogP contribution in [-0.4, -0.2) is 31.6 Å². The molecule has 1 unspecified atom stereocenters. The number of carbonyl (C=O) groups excluding carboxylic acids is 1. The summed E-state index contributed by atoms with van der Waals surface area (Å²) in [5.41, 5.74) is -0.0379. The van der Waals surface area contributed by atoms with Crippen LogP contribution >= 0.6 is 0 Å². The van der Waals surface area contributed by atoms with E-state index in [4.69, 9.17) is 4.74 Å². The number of nitrogens with one attached hydrogen (secondary N) is 2. The molecular formula is C14H20N2O2. The molecule has 0 saturated carbocycles. The monoisotopic (exact) mass is 248 g/mol. The first-order chi connectivity index (χ1) is 8.59. The van der Waals surface area contributed by atoms with Gasteiger partial charge in [0.2, 0.25) is 5.91 Å². The summed E-state index contributed by atoms with van der Waals surface area (Å²) in [4.78, 5) is 11.6. The van der Waals surface area contributed by atoms with Gasteiger partial charge in [0.05, 0.1) is 6.04 Å². The first-order valence-corrected chi connectivity index (χ1v) is 6.28. The predicted octanol–water partition coefficient (Wildman–Crippen LogP) is 1.18. The fourth-order valence-electron chi connectivity index (χ4n) is 2.13. The Morgan fingerprint density at radius 1 is 1.39 bits per heavy atom. The van der Waals surface area contributed by atoms with Crippen molar-refractivity contribution in [3.05, 3.63) is 30.3 Å². The summed E-state index contributed by atoms with van der Waals surface area (Å²) in [6, 6.07) is 9.55. The highest BCUT2D eigenvalue weighted by molar-refractivity contribution is 5.85. The first kappa shape index (κ1) is 12.9. The molecule has 1 atom stereocenters. The van der Waals surface area contributed by atoms with Gasteiger partial charge in [0, 0.05) is 18.5 Å². The van der Waals surface area contributed by atoms with Crippen molar-refractivity contribution < 1.29 is 9.53 Å². The molecular weight excluding hydrogens is 228 g/mol. The quantitative estimate of drug-likeness (QED) is 0.769. The number of para-hydroxylation sites is 1. The van der Waals surface area contributed by atoms with E-state index in [1.54, 1.807) is 0 Å². The Labute approximate surface area is 108 Å². The number of carbonyl (C=O) groups is 1. The van der Waals surface area contributed by atoms with Gasteiger partial charge in [0.25, 0.3) is 0 Å². The van der Waals surface area contributed by atoms with Crippen LogP contribution in [0.25, 0.3) is 0 Å². The van der Waals surface area contributed by atoms with Gasteiger partial charge in [0.1, 0.15) is 12.4 Å². The lowest BCUT2D eigenvalue weighted by Crippen LogP contribution is -2.45. The molecule has 0 bridgehead atoms. The van der Waals surface area contributed by atoms with Gasteiger partial charge in [0.15, 0.2) is 0 Å². The predicted molar refractivity (Wildman–Crippen MR) is 70.5 cm³/mol. The molecule has 1 aliphatic heterocycles. The summed E-state index contributed by atoms with van der Waals surface area (Å²) in [6.45, 7) is 6.12. The highest BCUT2D eigenvalue weighted by Crippen LogP contribution is 2.24. The maximum Gasteiger partial charge on any atom is 0.237 e. The van der Waals surface area contributed by atoms with Gasteiger partial charge in [-0.1, -0.05) is 32.0 Å². The second-order valence-corrected chi connectivity index (χ2v) is 5.26. The van der Waals surface area contributed by atoms with Gasteiger partial charge in [-0.25, -0.2) is 0 Å². The number of benzene rings is 1. The number of ether oxygens (including phenoxy) is 1. The third kappa shape index (κ3) is 3.01. The number of rotatable bonds is 5. The van der Waals surface area contributed by atoms with Gasteiger partial charge in [-0.2, -0.15) is 0 Å². The van der Waals surface area contributed by atoms with E-state index < -0.39 is 0 Å². The Bertz CT molecular complexity index is 404. The van der Waals surface area contributed by atoms with Crippen molar-refractivity contribution in [2.24, 2.45) is 5.41 Å². The van der Waals surface area contributed by atoms with Gasteiger partial charge in [-0.05, 0) is 12.1 Å². The molecule has 4 heteroatoms. The van der Waals surface area contributed by atoms with Crippen LogP contribution in [0.5, 0.6) is 5.75 Å². The molecule has 1 aromatic rings. The lowest BCUT2D eigenvalue weighted by Gasteiger charge is -2.24. The second-order valence-electron chi connectivity index (χ2n) is 5.26. The van der Waals surface area contributed by atoms with Crippen molar-refractivity contribution in [3.8, 4) is 5.75 Å². The molecule has 2 rings (SSSR count). The van der Waals surface area contributed by atoms with Crippen LogP contribution in [0.2, 0.25) is 0 Å². The maximum absolute atomic E-state index is 11.6. The van der Waals surface area contributed by atoms with Crippen LogP contribution < -0.4 is 15.4 Å². The van der Waals surface area contributed by atoms with Crippen LogP contribution in [0.3, 0.4) is 0 Å². The molecule has 1 saturated heterocycles. The van der Waals surface area contributed by atoms with E-state index in [0.29, 0.717) is 13.2 Å². The van der Waals surface area contributed by atoms with Gasteiger partial charge < -0.3 is 15.4 Å². The second kappa shape index (κ2) is 5.40. The van der Waals surface area contributed by atoms with E-state index in [1.165, 1.54) is 0 Å². The molecule has 0 spiro atoms. The summed E-state index contributed by atoms with van der Waals surface area (Å²) in [5.74, 6) is 0.939. The molecule has 0 aromatic heterocycles. The molecule has 98 valence electrons. The van der Waals surface area contributed by atoms with Crippen molar-refractivity contribution >= 4 is 5.91 Å². The largest absolute Gasteiger partial charge is 0.492 e. The SMILES string of the molecule is CC1(C)CNC(=O)C1NCCOc1ccccc1. The Kier molecular flexibility index (Phi) is 3.87. The number of amides is 1. The van der Waals surface area contributed by atoms with E-state index in [1.807, 2.05) is 30.3 Å². The Morgan fingerprint density at radius 3 is 2.72 bits per heavy atom. The minimum atomic E-state index is -0.128. The average Bonchev–Trinajstić information content (AvgIpc) is 2.62. The molecule has 1 aromatic carbocycles. The molecule has 18 heavy (non-hydrogen) atoms. The third-order valence-corrected chi connectivity index (χ3v) is 3.22. The fraction of sp³-hybridized carbons (Fsp3) is 0.500. The lowest BCUT2D eigenvalue weighted by atomic mass is 9.87. The van der Waals surface area contributed by atoms with Crippen molar-refractivity contribution in [2.75, 3.05) is 19.7 Å². The van der Waals surface area contributed by atoms with Crippen LogP contribution in [0.15, 0.2) is 30.3 Å². The molecule has 0 aliphatic carbocycles. The number of hydrogen-bond donors (Lipinski definition) is 2. The minimum absolute atomic E-state index is 0.0379. The zero-order valence-corrected chi connectivity index (χ0v) is 10.9. The van der Waals surface area contributed by atoms with Gasteiger partial charge >= 0.3 is 0 Å². The Morgan fingerprint density at radius 2 is 2.11 bits per heavy atom. The molecule has 0 radical (unpaired) electrons. The maximum atomic E-state index is 11.6. The standard InChI is InChI=1S/C14H20N2O2/c1-14(2)10-16-13(17)12(14)15-8-9-18-11-6-4-3-5-7-11/h3-7,12,15H,8-10H2,1-2H3,(H,16,17). The molecule has 1 fully saturated rings. The average molecular weight is 248 g/mol. The topological polar surface area (TPSA) is 50.4 Å². The highest BCUT2D eigenvalue weighted by Gasteiger charge is 2.40. The molecule has 1 heterocycles. The van der Waals surface area contributed by atoms with Crippen molar-refractivity contribution in [1.29, 1.82) is 0 Å². The third-order valence-electron chi connectivity index (χ3n) is 3.22. The lowest BCUT2D eigenvalue weighted by molar-refractivity contribution is -0.121. The zero-order valence-electron chi connectivity index (χ0n) is 10.9. The Balaban J connectivity index is 1.74. The van der Waals surface area contributed by atoms with Crippen LogP contribution in [0.4, 0.5) is 0 Å². The van der Waals surface area contributed by atoms with Crippen LogP contribution in [0.1, 0.15) is 13.8 Å². The summed E-state index contributed by atoms with van der Waals surface area (Å²) in [6.07, 6.45) is 0. The summed E-state index contributed by atoms with van der Waals surface area (Å²) >= 11 is 0. The van der Waals surface area contributed by atoms with E-state index in [-0.39, 0.29) is 17.4 Å². The van der Waals surface area contributed by atoms with Gasteiger partial charge in [-0.3, -0.25) is 4.79 Å². The number of hydrogen-bond acceptors (Lipinski definition) is 3. The van der Waals surface area contributed by atoms with Crippen molar-refractivity contribution in [1.82, 2.24) is 10.6 Å². The van der Waals surface area contributed by atoms with Gasteiger partial charge in [-0.15, -0.1) is 0 Å². The van der Waals surface area contributed by atoms with Crippen LogP contribution in [0, 0.1) is 5.41 Å². The zero-order chi connectivity index (χ0) is 13.0. The summed E-state index contributed by atoms with van der Waals surface area (Å²) in [5, 5.41) is 6.13. The normalized spacial score (nSPS) is 21.7. The summed E-state index contributed by atoms with van der Waals surface area (Å²) < 4.78 is 5.58. The van der Waals surface area contributed by atoms with E-state index in [9.17, 15) is 4.79 Å². The smallest absolute Gasteiger partial charge is 0.237 e. The molecule has 1 amide bonds. The molecule has 4 nitrogen and oxygen atoms in total. The van der Waals surface area contributed by atoms with E-state index in [0.717, 1.165) is 12.3 Å². The van der Waals surface area contributed by atoms with Crippen LogP contribution in [-0.2, 0) is 4.79 Å². The first-order valence-electron chi connectivity index (χ1n) is 6.28. The van der Waals surface area contributed by atoms with E-state index >= 15 is 0 Å². The minimum Gasteiger partial charge on any atom is -0.492 e. The van der Waals surface area contributed by atoms with Crippen molar-refractivity contribution in [2.45, 2.75) is 19.9 Å². The highest BCUT2D eigenvalue weighted by atomic mass is 16.5. The molecule has 1 aliphatic rings. The molecule has 2 N–H and O–H groups in total. The summed E-state index contributed by atoms with van der Waals surface area (Å²) in [7, 11) is 0. The fourth-order valence-corrected chi connectivity index (χ4v) is 2.13.